The molecule has 4 atom stereocenters. The van der Waals surface area contributed by atoms with E-state index in [0.717, 1.165) is 35.9 Å². The molecule has 9 heteroatoms. The molecule has 0 amide bonds. The summed E-state index contributed by atoms with van der Waals surface area (Å²) in [4.78, 5) is 18.5. The monoisotopic (exact) mass is 841 g/mol. The second kappa shape index (κ2) is 11.6. The Kier molecular flexibility index (Phi) is 8.58. The van der Waals surface area contributed by atoms with E-state index in [-0.39, 0.29) is 53.6 Å². The molecule has 8 nitrogen and oxygen atoms in total. The molecule has 4 aliphatic rings. The van der Waals surface area contributed by atoms with Crippen LogP contribution in [-0.2, 0) is 44.7 Å². The smallest absolute Gasteiger partial charge is 0.572 e. The van der Waals surface area contributed by atoms with E-state index in [2.05, 4.69) is 123 Å². The molecule has 0 aliphatic heterocycles. The van der Waals surface area contributed by atoms with Crippen molar-refractivity contribution in [3.05, 3.63) is 58.4 Å². The van der Waals surface area contributed by atoms with Crippen LogP contribution >= 0.6 is 0 Å². The zero-order chi connectivity index (χ0) is 34.7. The average molecular weight is 842 g/mol. The molecule has 0 saturated heterocycles. The molecule has 0 aromatic carbocycles. The van der Waals surface area contributed by atoms with Gasteiger partial charge in [0.1, 0.15) is 11.6 Å². The standard InChI is InChI=1S/2C20H27N4.Pt/c2*1-18(2,3)9-12-10-21-17(22-11-12)15-14-13-7-8-20(6,19(13,4)5)16(14)24-23-15;/h2*10-11,13H,7-9H2,1-6H3;/q2*-1;+2. The minimum Gasteiger partial charge on any atom is -0.572 e. The predicted octanol–water partition coefficient (Wildman–Crippen LogP) is 8.52. The van der Waals surface area contributed by atoms with Crippen LogP contribution in [0.5, 0.6) is 0 Å². The van der Waals surface area contributed by atoms with Gasteiger partial charge in [0.15, 0.2) is 0 Å². The first-order valence-corrected chi connectivity index (χ1v) is 18.0. The summed E-state index contributed by atoms with van der Waals surface area (Å²) in [5.74, 6) is 2.52. The van der Waals surface area contributed by atoms with Crippen molar-refractivity contribution in [3.8, 4) is 23.0 Å². The maximum atomic E-state index is 4.62. The molecule has 8 rings (SSSR count). The van der Waals surface area contributed by atoms with Crippen molar-refractivity contribution in [1.82, 2.24) is 40.3 Å². The second-order valence-corrected chi connectivity index (χ2v) is 19.2. The minimum atomic E-state index is 0. The van der Waals surface area contributed by atoms with Gasteiger partial charge in [0.25, 0.3) is 0 Å². The quantitative estimate of drug-likeness (QED) is 0.202. The molecule has 2 saturated carbocycles. The molecule has 0 spiro atoms. The first kappa shape index (κ1) is 36.1. The van der Waals surface area contributed by atoms with Crippen molar-refractivity contribution in [3.63, 3.8) is 0 Å². The Hall–Kier alpha value is -2.73. The van der Waals surface area contributed by atoms with E-state index in [1.54, 1.807) is 0 Å². The van der Waals surface area contributed by atoms with E-state index in [1.165, 1.54) is 59.3 Å². The van der Waals surface area contributed by atoms with Crippen molar-refractivity contribution < 1.29 is 21.1 Å². The molecule has 4 heterocycles. The van der Waals surface area contributed by atoms with Crippen LogP contribution in [0.25, 0.3) is 23.0 Å². The Bertz CT molecular complexity index is 1700. The largest absolute Gasteiger partial charge is 2.00 e. The van der Waals surface area contributed by atoms with E-state index >= 15 is 0 Å². The van der Waals surface area contributed by atoms with Gasteiger partial charge >= 0.3 is 21.1 Å². The van der Waals surface area contributed by atoms with Crippen LogP contribution in [0, 0.1) is 21.7 Å². The van der Waals surface area contributed by atoms with Crippen LogP contribution in [0.2, 0.25) is 0 Å². The Morgan fingerprint density at radius 3 is 1.22 bits per heavy atom. The molecule has 49 heavy (non-hydrogen) atoms. The summed E-state index contributed by atoms with van der Waals surface area (Å²) in [5, 5.41) is 18.1. The minimum absolute atomic E-state index is 0. The third-order valence-corrected chi connectivity index (χ3v) is 13.0. The zero-order valence-corrected chi connectivity index (χ0v) is 33.9. The van der Waals surface area contributed by atoms with E-state index < -0.39 is 0 Å². The van der Waals surface area contributed by atoms with E-state index in [0.29, 0.717) is 11.8 Å². The van der Waals surface area contributed by atoms with Gasteiger partial charge < -0.3 is 20.4 Å². The van der Waals surface area contributed by atoms with Crippen LogP contribution in [-0.4, -0.2) is 30.1 Å². The SMILES string of the molecule is CC(C)(C)Cc1cnc(-c2[n-]nc3c2C2CCC3(C)C2(C)C)nc1.CC(C)(C)Cc1cnc(-c2[n-]nc3c2C2CCC3(C)C2(C)C)nc1.[Pt+2]. The van der Waals surface area contributed by atoms with Gasteiger partial charge in [0, 0.05) is 47.0 Å². The van der Waals surface area contributed by atoms with Crippen LogP contribution in [0.1, 0.15) is 154 Å². The number of nitrogens with zero attached hydrogens (tertiary/aromatic N) is 8. The Morgan fingerprint density at radius 1 is 0.592 bits per heavy atom. The summed E-state index contributed by atoms with van der Waals surface area (Å²) in [5.41, 5.74) is 10.5. The first-order chi connectivity index (χ1) is 22.3. The van der Waals surface area contributed by atoms with Crippen molar-refractivity contribution in [2.75, 3.05) is 0 Å². The summed E-state index contributed by atoms with van der Waals surface area (Å²) >= 11 is 0. The topological polar surface area (TPSA) is 106 Å². The molecule has 4 bridgehead atoms. The summed E-state index contributed by atoms with van der Waals surface area (Å²) in [6.07, 6.45) is 14.6. The predicted molar refractivity (Wildman–Crippen MR) is 190 cm³/mol. The fourth-order valence-electron chi connectivity index (χ4n) is 9.67. The van der Waals surface area contributed by atoms with E-state index in [1.807, 2.05) is 24.8 Å². The van der Waals surface area contributed by atoms with Crippen molar-refractivity contribution >= 4 is 0 Å². The summed E-state index contributed by atoms with van der Waals surface area (Å²) < 4.78 is 0. The van der Waals surface area contributed by atoms with Gasteiger partial charge in [-0.2, -0.15) is 0 Å². The average Bonchev–Trinajstić information content (AvgIpc) is 3.77. The van der Waals surface area contributed by atoms with Gasteiger partial charge in [-0.25, -0.2) is 19.9 Å². The van der Waals surface area contributed by atoms with Gasteiger partial charge in [-0.1, -0.05) is 94.5 Å². The third-order valence-electron chi connectivity index (χ3n) is 13.0. The van der Waals surface area contributed by atoms with E-state index in [4.69, 9.17) is 0 Å². The Labute approximate surface area is 307 Å². The maximum absolute atomic E-state index is 4.62. The van der Waals surface area contributed by atoms with Crippen LogP contribution < -0.4 is 10.2 Å². The molecule has 4 aliphatic carbocycles. The first-order valence-electron chi connectivity index (χ1n) is 18.0. The van der Waals surface area contributed by atoms with Gasteiger partial charge in [0.05, 0.1) is 0 Å². The molecule has 4 aromatic rings. The summed E-state index contributed by atoms with van der Waals surface area (Å²) in [7, 11) is 0. The van der Waals surface area contributed by atoms with Gasteiger partial charge in [-0.3, -0.25) is 0 Å². The number of fused-ring (bicyclic) bond motifs is 10. The summed E-state index contributed by atoms with van der Waals surface area (Å²) in [6, 6.07) is 0. The molecular formula is C40H54N8Pt. The van der Waals surface area contributed by atoms with Crippen molar-refractivity contribution in [1.29, 1.82) is 0 Å². The molecule has 4 aromatic heterocycles. The molecule has 2 fully saturated rings. The normalized spacial score (nSPS) is 26.9. The molecule has 0 radical (unpaired) electrons. The van der Waals surface area contributed by atoms with Crippen LogP contribution in [0.15, 0.2) is 24.8 Å². The number of hydrogen-bond acceptors (Lipinski definition) is 6. The Morgan fingerprint density at radius 2 is 0.918 bits per heavy atom. The summed E-state index contributed by atoms with van der Waals surface area (Å²) in [6.45, 7) is 27.6. The van der Waals surface area contributed by atoms with Crippen molar-refractivity contribution in [2.45, 2.75) is 144 Å². The number of hydrogen-bond donors (Lipinski definition) is 0. The molecule has 4 unspecified atom stereocenters. The van der Waals surface area contributed by atoms with Gasteiger partial charge in [-0.05, 0) is 94.3 Å². The number of aromatic nitrogens is 8. The number of rotatable bonds is 4. The van der Waals surface area contributed by atoms with Crippen molar-refractivity contribution in [2.24, 2.45) is 21.7 Å². The van der Waals surface area contributed by atoms with E-state index in [9.17, 15) is 0 Å². The maximum Gasteiger partial charge on any atom is 2.00 e. The molecule has 0 N–H and O–H groups in total. The van der Waals surface area contributed by atoms with Gasteiger partial charge in [-0.15, -0.1) is 0 Å². The third kappa shape index (κ3) is 5.58. The molecular weight excluding hydrogens is 788 g/mol. The van der Waals surface area contributed by atoms with Crippen LogP contribution in [0.3, 0.4) is 0 Å². The van der Waals surface area contributed by atoms with Gasteiger partial charge in [0.2, 0.25) is 0 Å². The van der Waals surface area contributed by atoms with Crippen LogP contribution in [0.4, 0.5) is 0 Å². The molecule has 264 valence electrons. The second-order valence-electron chi connectivity index (χ2n) is 19.2. The fraction of sp³-hybridized carbons (Fsp3) is 0.650. The fourth-order valence-corrected chi connectivity index (χ4v) is 9.67. The zero-order valence-electron chi connectivity index (χ0n) is 31.6. The Balaban J connectivity index is 0.000000167.